The summed E-state index contributed by atoms with van der Waals surface area (Å²) in [5.41, 5.74) is 2.87. The first-order valence-corrected chi connectivity index (χ1v) is 8.42. The minimum atomic E-state index is -0.244. The van der Waals surface area contributed by atoms with Crippen molar-refractivity contribution in [2.24, 2.45) is 0 Å². The predicted molar refractivity (Wildman–Crippen MR) is 102 cm³/mol. The van der Waals surface area contributed by atoms with E-state index in [4.69, 9.17) is 0 Å². The lowest BCUT2D eigenvalue weighted by atomic mass is 10.1. The normalized spacial score (nSPS) is 10.5. The lowest BCUT2D eigenvalue weighted by Gasteiger charge is -2.13. The van der Waals surface area contributed by atoms with Gasteiger partial charge in [0.1, 0.15) is 0 Å². The topological polar surface area (TPSA) is 71.3 Å². The van der Waals surface area contributed by atoms with Gasteiger partial charge in [0.2, 0.25) is 0 Å². The summed E-state index contributed by atoms with van der Waals surface area (Å²) in [6.07, 6.45) is 0.586. The van der Waals surface area contributed by atoms with Crippen LogP contribution in [0.4, 0.5) is 5.69 Å². The number of nitrogens with zero attached hydrogens (tertiary/aromatic N) is 1. The molecule has 0 bridgehead atoms. The number of carbonyl (C=O) groups is 1. The second kappa shape index (κ2) is 7.27. The van der Waals surface area contributed by atoms with Gasteiger partial charge in [-0.15, -0.1) is 0 Å². The van der Waals surface area contributed by atoms with E-state index in [1.54, 1.807) is 37.3 Å². The number of nitrogens with one attached hydrogen (secondary N) is 1. The molecule has 0 saturated carbocycles. The van der Waals surface area contributed by atoms with Gasteiger partial charge in [0.15, 0.2) is 5.88 Å². The number of hydrogen-bond donors (Lipinski definition) is 2. The number of para-hydroxylation sites is 1. The Kier molecular flexibility index (Phi) is 4.89. The molecule has 1 aromatic heterocycles. The molecule has 0 radical (unpaired) electrons. The molecule has 2 N–H and O–H groups in total. The average Bonchev–Trinajstić information content (AvgIpc) is 2.63. The van der Waals surface area contributed by atoms with Gasteiger partial charge in [0, 0.05) is 22.9 Å². The number of pyridine rings is 1. The highest BCUT2D eigenvalue weighted by molar-refractivity contribution is 6.04. The van der Waals surface area contributed by atoms with Crippen LogP contribution in [0.1, 0.15) is 28.4 Å². The van der Waals surface area contributed by atoms with E-state index in [0.29, 0.717) is 28.9 Å². The largest absolute Gasteiger partial charge is 0.494 e. The molecule has 5 heteroatoms. The van der Waals surface area contributed by atoms with Crippen LogP contribution in [0.15, 0.2) is 65.5 Å². The smallest absolute Gasteiger partial charge is 0.261 e. The molecule has 1 heterocycles. The van der Waals surface area contributed by atoms with Crippen molar-refractivity contribution >= 4 is 11.6 Å². The highest BCUT2D eigenvalue weighted by Crippen LogP contribution is 2.19. The lowest BCUT2D eigenvalue weighted by molar-refractivity contribution is 0.102. The molecule has 0 aliphatic rings. The zero-order chi connectivity index (χ0) is 18.7. The number of rotatable bonds is 4. The fourth-order valence-electron chi connectivity index (χ4n) is 2.92. The zero-order valence-corrected chi connectivity index (χ0v) is 14.7. The summed E-state index contributed by atoms with van der Waals surface area (Å²) in [5, 5.41) is 13.0. The van der Waals surface area contributed by atoms with Gasteiger partial charge in [-0.1, -0.05) is 25.1 Å². The number of aromatic hydroxyl groups is 1. The third-order valence-electron chi connectivity index (χ3n) is 4.28. The fourth-order valence-corrected chi connectivity index (χ4v) is 2.92. The lowest BCUT2D eigenvalue weighted by Crippen LogP contribution is -2.23. The first-order valence-electron chi connectivity index (χ1n) is 8.42. The van der Waals surface area contributed by atoms with E-state index in [-0.39, 0.29) is 17.3 Å². The van der Waals surface area contributed by atoms with Gasteiger partial charge in [-0.25, -0.2) is 4.57 Å². The molecule has 26 heavy (non-hydrogen) atoms. The molecule has 0 atom stereocenters. The van der Waals surface area contributed by atoms with Gasteiger partial charge in [-0.05, 0) is 55.3 Å². The molecule has 0 aliphatic carbocycles. The van der Waals surface area contributed by atoms with E-state index in [1.165, 1.54) is 4.57 Å². The summed E-state index contributed by atoms with van der Waals surface area (Å²) in [5.74, 6) is -0.358. The van der Waals surface area contributed by atoms with Crippen LogP contribution in [-0.2, 0) is 6.42 Å². The van der Waals surface area contributed by atoms with Crippen molar-refractivity contribution in [2.75, 3.05) is 5.32 Å². The Labute approximate surface area is 151 Å². The first-order chi connectivity index (χ1) is 12.5. The molecule has 3 aromatic rings. The van der Waals surface area contributed by atoms with Gasteiger partial charge < -0.3 is 10.4 Å². The third-order valence-corrected chi connectivity index (χ3v) is 4.28. The van der Waals surface area contributed by atoms with Crippen molar-refractivity contribution in [2.45, 2.75) is 20.3 Å². The summed E-state index contributed by atoms with van der Waals surface area (Å²) in [6.45, 7) is 3.71. The highest BCUT2D eigenvalue weighted by Gasteiger charge is 2.13. The first kappa shape index (κ1) is 17.5. The average molecular weight is 348 g/mol. The number of benzene rings is 2. The molecular formula is C21H20N2O3. The molecule has 0 saturated heterocycles. The molecule has 5 nitrogen and oxygen atoms in total. The SMILES string of the molecule is CCc1c(C)cc(O)n(-c2ccc(C(=O)Nc3ccccc3)cc2)c1=O. The van der Waals surface area contributed by atoms with Crippen LogP contribution in [0.3, 0.4) is 0 Å². The molecule has 0 aliphatic heterocycles. The zero-order valence-electron chi connectivity index (χ0n) is 14.7. The van der Waals surface area contributed by atoms with Crippen LogP contribution in [0, 0.1) is 6.92 Å². The van der Waals surface area contributed by atoms with Gasteiger partial charge in [0.05, 0.1) is 5.69 Å². The van der Waals surface area contributed by atoms with E-state index in [0.717, 1.165) is 5.56 Å². The molecular weight excluding hydrogens is 328 g/mol. The molecule has 0 fully saturated rings. The Morgan fingerprint density at radius 2 is 1.73 bits per heavy atom. The van der Waals surface area contributed by atoms with Gasteiger partial charge in [-0.3, -0.25) is 9.59 Å². The molecule has 3 rings (SSSR count). The molecule has 0 unspecified atom stereocenters. The summed E-state index contributed by atoms with van der Waals surface area (Å²) in [7, 11) is 0. The molecule has 0 spiro atoms. The molecule has 1 amide bonds. The van der Waals surface area contributed by atoms with E-state index >= 15 is 0 Å². The monoisotopic (exact) mass is 348 g/mol. The number of anilines is 1. The van der Waals surface area contributed by atoms with Crippen LogP contribution in [0.2, 0.25) is 0 Å². The summed E-state index contributed by atoms with van der Waals surface area (Å²) >= 11 is 0. The Bertz CT molecular complexity index is 990. The van der Waals surface area contributed by atoms with Crippen molar-refractivity contribution in [1.29, 1.82) is 0 Å². The minimum absolute atomic E-state index is 0.119. The third kappa shape index (κ3) is 3.37. The van der Waals surface area contributed by atoms with Crippen LogP contribution in [0.5, 0.6) is 5.88 Å². The Balaban J connectivity index is 1.91. The Hall–Kier alpha value is -3.34. The number of carbonyl (C=O) groups excluding carboxylic acids is 1. The van der Waals surface area contributed by atoms with Gasteiger partial charge in [-0.2, -0.15) is 0 Å². The van der Waals surface area contributed by atoms with Crippen molar-refractivity contribution < 1.29 is 9.90 Å². The van der Waals surface area contributed by atoms with Crippen LogP contribution in [0.25, 0.3) is 5.69 Å². The quantitative estimate of drug-likeness (QED) is 0.756. The number of aromatic nitrogens is 1. The Morgan fingerprint density at radius 1 is 1.08 bits per heavy atom. The van der Waals surface area contributed by atoms with Crippen LogP contribution >= 0.6 is 0 Å². The van der Waals surface area contributed by atoms with E-state index in [9.17, 15) is 14.7 Å². The van der Waals surface area contributed by atoms with Gasteiger partial charge in [0.25, 0.3) is 11.5 Å². The maximum absolute atomic E-state index is 12.6. The van der Waals surface area contributed by atoms with Gasteiger partial charge >= 0.3 is 0 Å². The van der Waals surface area contributed by atoms with Crippen LogP contribution < -0.4 is 10.9 Å². The Morgan fingerprint density at radius 3 is 2.35 bits per heavy atom. The van der Waals surface area contributed by atoms with Crippen molar-refractivity contribution in [1.82, 2.24) is 4.57 Å². The molecule has 132 valence electrons. The maximum atomic E-state index is 12.6. The van der Waals surface area contributed by atoms with Crippen molar-refractivity contribution in [3.63, 3.8) is 0 Å². The van der Waals surface area contributed by atoms with Crippen molar-refractivity contribution in [3.8, 4) is 11.6 Å². The number of hydrogen-bond acceptors (Lipinski definition) is 3. The highest BCUT2D eigenvalue weighted by atomic mass is 16.3. The second-order valence-corrected chi connectivity index (χ2v) is 6.03. The number of aryl methyl sites for hydroxylation is 1. The predicted octanol–water partition coefficient (Wildman–Crippen LogP) is 3.67. The van der Waals surface area contributed by atoms with Crippen LogP contribution in [-0.4, -0.2) is 15.6 Å². The fraction of sp³-hybridized carbons (Fsp3) is 0.143. The summed E-state index contributed by atoms with van der Waals surface area (Å²) in [6, 6.07) is 17.3. The maximum Gasteiger partial charge on any atom is 0.261 e. The standard InChI is InChI=1S/C21H20N2O3/c1-3-18-14(2)13-19(24)23(21(18)26)17-11-9-15(10-12-17)20(25)22-16-7-5-4-6-8-16/h4-13,24H,3H2,1-2H3,(H,22,25). The summed E-state index contributed by atoms with van der Waals surface area (Å²) in [4.78, 5) is 24.9. The second-order valence-electron chi connectivity index (χ2n) is 6.03. The van der Waals surface area contributed by atoms with E-state index in [2.05, 4.69) is 5.32 Å². The van der Waals surface area contributed by atoms with Crippen molar-refractivity contribution in [3.05, 3.63) is 87.7 Å². The van der Waals surface area contributed by atoms with E-state index < -0.39 is 0 Å². The minimum Gasteiger partial charge on any atom is -0.494 e. The number of amides is 1. The summed E-state index contributed by atoms with van der Waals surface area (Å²) < 4.78 is 1.25. The van der Waals surface area contributed by atoms with E-state index in [1.807, 2.05) is 37.3 Å². The molecule has 2 aromatic carbocycles.